The molecule has 10 nitrogen and oxygen atoms in total. The Labute approximate surface area is 144 Å². The SMILES string of the molecule is CCCCNP(=O)(O)O[C@H]1C[C@H](n2cc(C)c(=O)[nH]c2=O)O[C@@H]1CO. The number of H-pyrrole nitrogens is 1. The number of rotatable bonds is 8. The Morgan fingerprint density at radius 1 is 1.52 bits per heavy atom. The second-order valence-corrected chi connectivity index (χ2v) is 7.52. The Balaban J connectivity index is 2.12. The van der Waals surface area contributed by atoms with E-state index in [4.69, 9.17) is 9.26 Å². The van der Waals surface area contributed by atoms with Crippen LogP contribution in [0.5, 0.6) is 0 Å². The van der Waals surface area contributed by atoms with Crippen molar-refractivity contribution in [2.24, 2.45) is 0 Å². The van der Waals surface area contributed by atoms with Gasteiger partial charge in [-0.3, -0.25) is 18.9 Å². The number of unbranched alkanes of at least 4 members (excludes halogenated alkanes) is 1. The van der Waals surface area contributed by atoms with Gasteiger partial charge in [0.25, 0.3) is 5.56 Å². The third kappa shape index (κ3) is 5.10. The van der Waals surface area contributed by atoms with E-state index in [0.717, 1.165) is 6.42 Å². The molecule has 1 saturated heterocycles. The summed E-state index contributed by atoms with van der Waals surface area (Å²) < 4.78 is 24.0. The summed E-state index contributed by atoms with van der Waals surface area (Å²) in [6.07, 6.45) is 0.442. The van der Waals surface area contributed by atoms with E-state index in [0.29, 0.717) is 18.5 Å². The largest absolute Gasteiger partial charge is 0.403 e. The molecule has 4 atom stereocenters. The minimum Gasteiger partial charge on any atom is -0.394 e. The van der Waals surface area contributed by atoms with Gasteiger partial charge in [0.1, 0.15) is 18.4 Å². The van der Waals surface area contributed by atoms with Crippen LogP contribution in [0, 0.1) is 6.92 Å². The average Bonchev–Trinajstić information content (AvgIpc) is 2.92. The summed E-state index contributed by atoms with van der Waals surface area (Å²) in [6.45, 7) is 3.38. The van der Waals surface area contributed by atoms with Crippen molar-refractivity contribution < 1.29 is 23.8 Å². The van der Waals surface area contributed by atoms with Gasteiger partial charge < -0.3 is 14.7 Å². The van der Waals surface area contributed by atoms with E-state index in [1.54, 1.807) is 6.92 Å². The van der Waals surface area contributed by atoms with E-state index >= 15 is 0 Å². The lowest BCUT2D eigenvalue weighted by Gasteiger charge is -2.20. The maximum absolute atomic E-state index is 12.1. The average molecular weight is 377 g/mol. The molecule has 1 fully saturated rings. The zero-order chi connectivity index (χ0) is 18.6. The summed E-state index contributed by atoms with van der Waals surface area (Å²) >= 11 is 0. The lowest BCUT2D eigenvalue weighted by Crippen LogP contribution is -2.33. The van der Waals surface area contributed by atoms with Gasteiger partial charge >= 0.3 is 13.4 Å². The molecule has 1 aromatic rings. The number of ether oxygens (including phenoxy) is 1. The zero-order valence-electron chi connectivity index (χ0n) is 14.2. The molecule has 142 valence electrons. The van der Waals surface area contributed by atoms with Crippen molar-refractivity contribution in [1.82, 2.24) is 14.6 Å². The van der Waals surface area contributed by atoms with Gasteiger partial charge in [-0.25, -0.2) is 14.4 Å². The normalized spacial score (nSPS) is 25.8. The van der Waals surface area contributed by atoms with Crippen molar-refractivity contribution >= 4 is 7.75 Å². The molecule has 0 bridgehead atoms. The molecule has 1 unspecified atom stereocenters. The van der Waals surface area contributed by atoms with Crippen molar-refractivity contribution in [3.63, 3.8) is 0 Å². The molecule has 4 N–H and O–H groups in total. The predicted molar refractivity (Wildman–Crippen MR) is 89.3 cm³/mol. The Bertz CT molecular complexity index is 747. The molecule has 2 heterocycles. The molecule has 1 aliphatic rings. The van der Waals surface area contributed by atoms with Gasteiger partial charge in [-0.2, -0.15) is 0 Å². The van der Waals surface area contributed by atoms with Crippen LogP contribution in [0.25, 0.3) is 0 Å². The fourth-order valence-corrected chi connectivity index (χ4v) is 3.67. The minimum atomic E-state index is -4.06. The standard InChI is InChI=1S/C14H24N3O7P/c1-3-4-5-15-25(21,22)24-10-6-12(23-11(10)8-18)17-7-9(2)13(19)16-14(17)20/h7,10-12,18H,3-6,8H2,1-2H3,(H2,15,21,22)(H,16,19,20)/t10-,11+,12+/m0/s1. The van der Waals surface area contributed by atoms with Gasteiger partial charge in [0.2, 0.25) is 0 Å². The van der Waals surface area contributed by atoms with E-state index in [9.17, 15) is 24.2 Å². The number of aliphatic hydroxyl groups excluding tert-OH is 1. The zero-order valence-corrected chi connectivity index (χ0v) is 15.1. The van der Waals surface area contributed by atoms with Crippen LogP contribution in [-0.4, -0.2) is 44.9 Å². The monoisotopic (exact) mass is 377 g/mol. The van der Waals surface area contributed by atoms with Crippen LogP contribution in [0.2, 0.25) is 0 Å². The third-order valence-electron chi connectivity index (χ3n) is 3.94. The fraction of sp³-hybridized carbons (Fsp3) is 0.714. The molecular formula is C14H24N3O7P. The van der Waals surface area contributed by atoms with E-state index in [1.165, 1.54) is 10.8 Å². The molecule has 25 heavy (non-hydrogen) atoms. The van der Waals surface area contributed by atoms with Crippen molar-refractivity contribution in [1.29, 1.82) is 0 Å². The maximum Gasteiger partial charge on any atom is 0.403 e. The summed E-state index contributed by atoms with van der Waals surface area (Å²) in [6, 6.07) is 0. The highest BCUT2D eigenvalue weighted by atomic mass is 31.2. The number of aromatic nitrogens is 2. The highest BCUT2D eigenvalue weighted by molar-refractivity contribution is 7.50. The molecule has 2 rings (SSSR count). The number of hydrogen-bond donors (Lipinski definition) is 4. The number of nitrogens with one attached hydrogen (secondary N) is 2. The molecule has 0 aliphatic carbocycles. The van der Waals surface area contributed by atoms with Crippen molar-refractivity contribution in [2.75, 3.05) is 13.2 Å². The van der Waals surface area contributed by atoms with Gasteiger partial charge in [0.05, 0.1) is 6.61 Å². The van der Waals surface area contributed by atoms with Crippen LogP contribution in [0.1, 0.15) is 38.0 Å². The van der Waals surface area contributed by atoms with Crippen molar-refractivity contribution in [3.05, 3.63) is 32.6 Å². The second-order valence-electron chi connectivity index (χ2n) is 5.95. The summed E-state index contributed by atoms with van der Waals surface area (Å²) in [5.41, 5.74) is -0.834. The van der Waals surface area contributed by atoms with Gasteiger partial charge in [0.15, 0.2) is 0 Å². The topological polar surface area (TPSA) is 143 Å². The number of aromatic amines is 1. The van der Waals surface area contributed by atoms with Crippen LogP contribution in [0.3, 0.4) is 0 Å². The number of aliphatic hydroxyl groups is 1. The first kappa shape index (κ1) is 20.0. The van der Waals surface area contributed by atoms with Crippen molar-refractivity contribution in [2.45, 2.75) is 51.5 Å². The lowest BCUT2D eigenvalue weighted by atomic mass is 10.2. The number of aryl methyl sites for hydroxylation is 1. The first-order chi connectivity index (χ1) is 11.8. The molecule has 1 aliphatic heterocycles. The summed E-state index contributed by atoms with van der Waals surface area (Å²) in [5.74, 6) is 0. The summed E-state index contributed by atoms with van der Waals surface area (Å²) in [5, 5.41) is 11.9. The van der Waals surface area contributed by atoms with Gasteiger partial charge in [0, 0.05) is 24.7 Å². The second kappa shape index (κ2) is 8.39. The van der Waals surface area contributed by atoms with E-state index in [2.05, 4.69) is 10.1 Å². The molecule has 1 aromatic heterocycles. The van der Waals surface area contributed by atoms with Gasteiger partial charge in [-0.15, -0.1) is 0 Å². The molecule has 11 heteroatoms. The summed E-state index contributed by atoms with van der Waals surface area (Å²) in [7, 11) is -4.06. The Kier molecular flexibility index (Phi) is 6.72. The Morgan fingerprint density at radius 2 is 2.24 bits per heavy atom. The third-order valence-corrected chi connectivity index (χ3v) is 5.12. The highest BCUT2D eigenvalue weighted by Crippen LogP contribution is 2.43. The van der Waals surface area contributed by atoms with Gasteiger partial charge in [-0.1, -0.05) is 13.3 Å². The first-order valence-electron chi connectivity index (χ1n) is 8.12. The number of hydrogen-bond acceptors (Lipinski definition) is 6. The molecule has 0 spiro atoms. The van der Waals surface area contributed by atoms with E-state index in [-0.39, 0.29) is 6.42 Å². The van der Waals surface area contributed by atoms with E-state index in [1.807, 2.05) is 6.92 Å². The van der Waals surface area contributed by atoms with Crippen LogP contribution < -0.4 is 16.3 Å². The smallest absolute Gasteiger partial charge is 0.394 e. The first-order valence-corrected chi connectivity index (χ1v) is 9.70. The van der Waals surface area contributed by atoms with Crippen molar-refractivity contribution in [3.8, 4) is 0 Å². The van der Waals surface area contributed by atoms with Crippen LogP contribution in [-0.2, 0) is 13.8 Å². The molecule has 0 aromatic carbocycles. The molecule has 0 radical (unpaired) electrons. The predicted octanol–water partition coefficient (Wildman–Crippen LogP) is 0.000120. The Hall–Kier alpha value is -1.29. The Morgan fingerprint density at radius 3 is 2.88 bits per heavy atom. The van der Waals surface area contributed by atoms with Crippen LogP contribution >= 0.6 is 7.75 Å². The van der Waals surface area contributed by atoms with Gasteiger partial charge in [-0.05, 0) is 13.3 Å². The number of nitrogens with zero attached hydrogens (tertiary/aromatic N) is 1. The maximum atomic E-state index is 12.1. The molecular weight excluding hydrogens is 353 g/mol. The highest BCUT2D eigenvalue weighted by Gasteiger charge is 2.40. The summed E-state index contributed by atoms with van der Waals surface area (Å²) in [4.78, 5) is 35.4. The van der Waals surface area contributed by atoms with E-state index < -0.39 is 44.0 Å². The fourth-order valence-electron chi connectivity index (χ4n) is 2.56. The van der Waals surface area contributed by atoms with Crippen LogP contribution in [0.15, 0.2) is 15.8 Å². The minimum absolute atomic E-state index is 0.0800. The van der Waals surface area contributed by atoms with Crippen LogP contribution in [0.4, 0.5) is 0 Å². The lowest BCUT2D eigenvalue weighted by molar-refractivity contribution is -0.0435. The molecule has 0 saturated carbocycles. The quantitative estimate of drug-likeness (QED) is 0.366. The molecule has 0 amide bonds.